The quantitative estimate of drug-likeness (QED) is 0.740. The van der Waals surface area contributed by atoms with Crippen LogP contribution in [0.25, 0.3) is 0 Å². The fraction of sp³-hybridized carbons (Fsp3) is 0.526. The van der Waals surface area contributed by atoms with E-state index in [-0.39, 0.29) is 0 Å². The molecule has 1 N–H and O–H groups in total. The van der Waals surface area contributed by atoms with Gasteiger partial charge in [0, 0.05) is 57.7 Å². The summed E-state index contributed by atoms with van der Waals surface area (Å²) in [4.78, 5) is 2.58. The van der Waals surface area contributed by atoms with Crippen molar-refractivity contribution in [2.24, 2.45) is 7.05 Å². The maximum atomic E-state index is 12.9. The van der Waals surface area contributed by atoms with E-state index in [0.717, 1.165) is 25.2 Å². The van der Waals surface area contributed by atoms with Crippen LogP contribution in [0.1, 0.15) is 24.1 Å². The molecule has 0 bridgehead atoms. The Bertz CT molecular complexity index is 866. The Balaban J connectivity index is 1.77. The Morgan fingerprint density at radius 3 is 2.67 bits per heavy atom. The molecule has 148 valence electrons. The number of hydrogen-bond donors (Lipinski definition) is 1. The van der Waals surface area contributed by atoms with Crippen LogP contribution >= 0.6 is 0 Å². The number of methoxy groups -OCH3 is 1. The number of nitrogens with zero attached hydrogens (tertiary/aromatic N) is 3. The first-order valence-electron chi connectivity index (χ1n) is 9.13. The number of aromatic nitrogens is 2. The van der Waals surface area contributed by atoms with Crippen molar-refractivity contribution < 1.29 is 13.2 Å². The molecule has 8 heteroatoms. The molecule has 1 aliphatic rings. The van der Waals surface area contributed by atoms with Crippen molar-refractivity contribution in [3.63, 3.8) is 0 Å². The zero-order valence-corrected chi connectivity index (χ0v) is 17.0. The molecule has 0 spiro atoms. The predicted octanol–water partition coefficient (Wildman–Crippen LogP) is 1.69. The third-order valence-corrected chi connectivity index (χ3v) is 6.73. The normalized spacial score (nSPS) is 21.0. The van der Waals surface area contributed by atoms with Gasteiger partial charge in [0.1, 0.15) is 0 Å². The molecular weight excluding hydrogens is 364 g/mol. The Hall–Kier alpha value is -1.74. The summed E-state index contributed by atoms with van der Waals surface area (Å²) >= 11 is 0. The Labute approximate surface area is 161 Å². The standard InChI is InChI=1S/C19H28N4O3S/c1-16-17(13-22(2)20-16)14-23-11-9-19(15-23,10-12-26-3)21-27(24,25)18-7-5-4-6-8-18/h4-8,13,21H,9-12,14-15H2,1-3H3. The van der Waals surface area contributed by atoms with E-state index in [1.807, 2.05) is 30.9 Å². The topological polar surface area (TPSA) is 76.5 Å². The highest BCUT2D eigenvalue weighted by molar-refractivity contribution is 7.89. The van der Waals surface area contributed by atoms with E-state index in [1.165, 1.54) is 5.56 Å². The van der Waals surface area contributed by atoms with Crippen LogP contribution in [0.4, 0.5) is 0 Å². The van der Waals surface area contributed by atoms with Gasteiger partial charge in [-0.25, -0.2) is 13.1 Å². The maximum absolute atomic E-state index is 12.9. The largest absolute Gasteiger partial charge is 0.385 e. The van der Waals surface area contributed by atoms with Crippen LogP contribution in [0.3, 0.4) is 0 Å². The number of rotatable bonds is 8. The summed E-state index contributed by atoms with van der Waals surface area (Å²) in [6.45, 7) is 4.76. The number of nitrogens with one attached hydrogen (secondary N) is 1. The molecule has 1 aliphatic heterocycles. The van der Waals surface area contributed by atoms with E-state index >= 15 is 0 Å². The number of benzene rings is 1. The van der Waals surface area contributed by atoms with E-state index in [2.05, 4.69) is 14.7 Å². The van der Waals surface area contributed by atoms with E-state index < -0.39 is 15.6 Å². The second kappa shape index (κ2) is 8.10. The number of hydrogen-bond acceptors (Lipinski definition) is 5. The molecule has 1 aromatic heterocycles. The lowest BCUT2D eigenvalue weighted by atomic mass is 9.96. The summed E-state index contributed by atoms with van der Waals surface area (Å²) in [5.41, 5.74) is 1.66. The van der Waals surface area contributed by atoms with Gasteiger partial charge in [0.25, 0.3) is 0 Å². The van der Waals surface area contributed by atoms with Crippen molar-refractivity contribution in [3.8, 4) is 0 Å². The van der Waals surface area contributed by atoms with E-state index in [1.54, 1.807) is 31.4 Å². The van der Waals surface area contributed by atoms with Crippen molar-refractivity contribution >= 4 is 10.0 Å². The number of sulfonamides is 1. The van der Waals surface area contributed by atoms with E-state index in [4.69, 9.17) is 4.74 Å². The minimum Gasteiger partial charge on any atom is -0.385 e. The average molecular weight is 393 g/mol. The molecule has 0 aliphatic carbocycles. The molecule has 3 rings (SSSR count). The van der Waals surface area contributed by atoms with Gasteiger partial charge in [0.15, 0.2) is 0 Å². The monoisotopic (exact) mass is 392 g/mol. The van der Waals surface area contributed by atoms with Gasteiger partial charge < -0.3 is 4.74 Å². The van der Waals surface area contributed by atoms with Gasteiger partial charge in [-0.15, -0.1) is 0 Å². The minimum absolute atomic E-state index is 0.295. The molecule has 1 unspecified atom stereocenters. The highest BCUT2D eigenvalue weighted by Crippen LogP contribution is 2.29. The molecule has 7 nitrogen and oxygen atoms in total. The van der Waals surface area contributed by atoms with Crippen molar-refractivity contribution in [3.05, 3.63) is 47.8 Å². The van der Waals surface area contributed by atoms with Gasteiger partial charge in [0.05, 0.1) is 10.6 Å². The lowest BCUT2D eigenvalue weighted by molar-refractivity contribution is 0.161. The molecule has 1 aromatic carbocycles. The SMILES string of the molecule is COCCC1(NS(=O)(=O)c2ccccc2)CCN(Cc2cn(C)nc2C)C1. The van der Waals surface area contributed by atoms with Gasteiger partial charge in [-0.05, 0) is 31.9 Å². The van der Waals surface area contributed by atoms with Crippen molar-refractivity contribution in [2.45, 2.75) is 36.7 Å². The lowest BCUT2D eigenvalue weighted by Gasteiger charge is -2.30. The fourth-order valence-electron chi connectivity index (χ4n) is 3.72. The third kappa shape index (κ3) is 4.76. The summed E-state index contributed by atoms with van der Waals surface area (Å²) in [5.74, 6) is 0. The molecule has 0 saturated carbocycles. The highest BCUT2D eigenvalue weighted by atomic mass is 32.2. The predicted molar refractivity (Wildman–Crippen MR) is 104 cm³/mol. The Kier molecular flexibility index (Phi) is 6.00. The summed E-state index contributed by atoms with van der Waals surface area (Å²) in [6, 6.07) is 8.54. The number of aryl methyl sites for hydroxylation is 2. The van der Waals surface area contributed by atoms with Crippen LogP contribution < -0.4 is 4.72 Å². The zero-order valence-electron chi connectivity index (χ0n) is 16.2. The first kappa shape index (κ1) is 20.0. The molecular formula is C19H28N4O3S. The highest BCUT2D eigenvalue weighted by Gasteiger charge is 2.41. The van der Waals surface area contributed by atoms with Crippen LogP contribution in [0.2, 0.25) is 0 Å². The average Bonchev–Trinajstić information content (AvgIpc) is 3.16. The summed E-state index contributed by atoms with van der Waals surface area (Å²) in [6.07, 6.45) is 3.42. The van der Waals surface area contributed by atoms with Crippen molar-refractivity contribution in [1.29, 1.82) is 0 Å². The number of likely N-dealkylation sites (tertiary alicyclic amines) is 1. The summed E-state index contributed by atoms with van der Waals surface area (Å²) in [5, 5.41) is 4.40. The zero-order chi connectivity index (χ0) is 19.5. The van der Waals surface area contributed by atoms with E-state index in [9.17, 15) is 8.42 Å². The fourth-order valence-corrected chi connectivity index (χ4v) is 5.19. The van der Waals surface area contributed by atoms with Gasteiger partial charge in [-0.2, -0.15) is 5.10 Å². The molecule has 1 fully saturated rings. The van der Waals surface area contributed by atoms with Crippen molar-refractivity contribution in [1.82, 2.24) is 19.4 Å². The Morgan fingerprint density at radius 2 is 2.04 bits per heavy atom. The smallest absolute Gasteiger partial charge is 0.241 e. The molecule has 2 heterocycles. The second-order valence-corrected chi connectivity index (χ2v) is 9.00. The van der Waals surface area contributed by atoms with Gasteiger partial charge in [-0.1, -0.05) is 18.2 Å². The molecule has 0 amide bonds. The van der Waals surface area contributed by atoms with E-state index in [0.29, 0.717) is 24.5 Å². The van der Waals surface area contributed by atoms with Crippen LogP contribution in [0.5, 0.6) is 0 Å². The van der Waals surface area contributed by atoms with Crippen molar-refractivity contribution in [2.75, 3.05) is 26.8 Å². The first-order chi connectivity index (χ1) is 12.8. The van der Waals surface area contributed by atoms with Gasteiger partial charge in [0.2, 0.25) is 10.0 Å². The van der Waals surface area contributed by atoms with Gasteiger partial charge >= 0.3 is 0 Å². The summed E-state index contributed by atoms with van der Waals surface area (Å²) in [7, 11) is -0.0236. The summed E-state index contributed by atoms with van der Waals surface area (Å²) < 4.78 is 35.9. The molecule has 2 aromatic rings. The Morgan fingerprint density at radius 1 is 1.30 bits per heavy atom. The maximum Gasteiger partial charge on any atom is 0.241 e. The van der Waals surface area contributed by atoms with Crippen LogP contribution in [-0.2, 0) is 28.4 Å². The molecule has 27 heavy (non-hydrogen) atoms. The van der Waals surface area contributed by atoms with Crippen LogP contribution in [0.15, 0.2) is 41.4 Å². The molecule has 1 atom stereocenters. The van der Waals surface area contributed by atoms with Crippen LogP contribution in [0, 0.1) is 6.92 Å². The lowest BCUT2D eigenvalue weighted by Crippen LogP contribution is -2.51. The molecule has 1 saturated heterocycles. The second-order valence-electron chi connectivity index (χ2n) is 7.32. The number of ether oxygens (including phenoxy) is 1. The van der Waals surface area contributed by atoms with Gasteiger partial charge in [-0.3, -0.25) is 9.58 Å². The first-order valence-corrected chi connectivity index (χ1v) is 10.6. The molecule has 0 radical (unpaired) electrons. The minimum atomic E-state index is -3.58. The third-order valence-electron chi connectivity index (χ3n) is 5.13. The van der Waals surface area contributed by atoms with Crippen LogP contribution in [-0.4, -0.2) is 55.4 Å².